The average Bonchev–Trinajstić information content (AvgIpc) is 2.70. The van der Waals surface area contributed by atoms with E-state index < -0.39 is 0 Å². The summed E-state index contributed by atoms with van der Waals surface area (Å²) in [6, 6.07) is 6.46. The van der Waals surface area contributed by atoms with Crippen LogP contribution >= 0.6 is 23.2 Å². The Balaban J connectivity index is 2.32. The summed E-state index contributed by atoms with van der Waals surface area (Å²) in [5.41, 5.74) is 1.20. The van der Waals surface area contributed by atoms with Gasteiger partial charge in [0, 0.05) is 12.0 Å². The molecule has 1 aliphatic rings. The summed E-state index contributed by atoms with van der Waals surface area (Å²) in [6.45, 7) is 0. The minimum absolute atomic E-state index is 0.515. The van der Waals surface area contributed by atoms with Gasteiger partial charge in [-0.05, 0) is 31.5 Å². The zero-order chi connectivity index (χ0) is 10.8. The zero-order valence-corrected chi connectivity index (χ0v) is 10.3. The largest absolute Gasteiger partial charge is 0.316 e. The topological polar surface area (TPSA) is 12.0 Å². The molecule has 1 nitrogen and oxygen atoms in total. The fraction of sp³-hybridized carbons (Fsp3) is 0.500. The maximum Gasteiger partial charge on any atom is 0.0627 e. The van der Waals surface area contributed by atoms with Crippen molar-refractivity contribution in [3.8, 4) is 0 Å². The third-order valence-corrected chi connectivity index (χ3v) is 4.10. The summed E-state index contributed by atoms with van der Waals surface area (Å²) in [6.07, 6.45) is 3.69. The van der Waals surface area contributed by atoms with Crippen molar-refractivity contribution in [3.63, 3.8) is 0 Å². The molecule has 1 saturated carbocycles. The smallest absolute Gasteiger partial charge is 0.0627 e. The molecule has 1 fully saturated rings. The fourth-order valence-corrected chi connectivity index (χ4v) is 2.93. The quantitative estimate of drug-likeness (QED) is 0.833. The maximum atomic E-state index is 6.24. The molecule has 0 aliphatic heterocycles. The van der Waals surface area contributed by atoms with Gasteiger partial charge in [-0.25, -0.2) is 0 Å². The molecule has 0 amide bonds. The third-order valence-electron chi connectivity index (χ3n) is 3.27. The van der Waals surface area contributed by atoms with Crippen molar-refractivity contribution < 1.29 is 0 Å². The van der Waals surface area contributed by atoms with Gasteiger partial charge in [0.25, 0.3) is 0 Å². The Morgan fingerprint density at radius 1 is 1.27 bits per heavy atom. The molecule has 0 saturated heterocycles. The van der Waals surface area contributed by atoms with E-state index >= 15 is 0 Å². The molecule has 3 heteroatoms. The molecule has 0 heterocycles. The molecule has 2 unspecified atom stereocenters. The summed E-state index contributed by atoms with van der Waals surface area (Å²) in [7, 11) is 2.02. The van der Waals surface area contributed by atoms with Crippen LogP contribution in [0, 0.1) is 0 Å². The predicted molar refractivity (Wildman–Crippen MR) is 65.9 cm³/mol. The van der Waals surface area contributed by atoms with Gasteiger partial charge >= 0.3 is 0 Å². The van der Waals surface area contributed by atoms with Crippen molar-refractivity contribution >= 4 is 23.2 Å². The number of halogens is 2. The number of hydrogen-bond acceptors (Lipinski definition) is 1. The summed E-state index contributed by atoms with van der Waals surface area (Å²) in [4.78, 5) is 0. The van der Waals surface area contributed by atoms with Crippen LogP contribution in [0.25, 0.3) is 0 Å². The normalized spacial score (nSPS) is 25.8. The molecular weight excluding hydrogens is 229 g/mol. The molecule has 1 aromatic rings. The lowest BCUT2D eigenvalue weighted by molar-refractivity contribution is 0.522. The summed E-state index contributed by atoms with van der Waals surface area (Å²) >= 11 is 12.3. The lowest BCUT2D eigenvalue weighted by Crippen LogP contribution is -2.27. The van der Waals surface area contributed by atoms with Gasteiger partial charge in [0.2, 0.25) is 0 Å². The zero-order valence-electron chi connectivity index (χ0n) is 8.76. The summed E-state index contributed by atoms with van der Waals surface area (Å²) < 4.78 is 0. The first-order valence-corrected chi connectivity index (χ1v) is 6.11. The van der Waals surface area contributed by atoms with Gasteiger partial charge in [0.15, 0.2) is 0 Å². The Bertz CT molecular complexity index is 351. The number of benzene rings is 1. The van der Waals surface area contributed by atoms with E-state index in [1.165, 1.54) is 24.8 Å². The second-order valence-corrected chi connectivity index (χ2v) is 4.86. The Morgan fingerprint density at radius 2 is 2.07 bits per heavy atom. The van der Waals surface area contributed by atoms with E-state index in [4.69, 9.17) is 23.2 Å². The molecule has 2 atom stereocenters. The monoisotopic (exact) mass is 243 g/mol. The first-order chi connectivity index (χ1) is 7.24. The van der Waals surface area contributed by atoms with E-state index in [-0.39, 0.29) is 0 Å². The van der Waals surface area contributed by atoms with Crippen molar-refractivity contribution in [3.05, 3.63) is 33.8 Å². The van der Waals surface area contributed by atoms with Crippen LogP contribution in [-0.4, -0.2) is 13.1 Å². The van der Waals surface area contributed by atoms with E-state index in [1.807, 2.05) is 19.2 Å². The van der Waals surface area contributed by atoms with E-state index in [0.29, 0.717) is 17.0 Å². The Hall–Kier alpha value is -0.240. The fourth-order valence-electron chi connectivity index (χ4n) is 2.48. The highest BCUT2D eigenvalue weighted by atomic mass is 35.5. The van der Waals surface area contributed by atoms with Crippen molar-refractivity contribution in [2.75, 3.05) is 7.05 Å². The summed E-state index contributed by atoms with van der Waals surface area (Å²) in [5, 5.41) is 4.75. The number of rotatable bonds is 2. The van der Waals surface area contributed by atoms with Crippen LogP contribution in [0.1, 0.15) is 30.7 Å². The SMILES string of the molecule is CNC1CCCC1c1cccc(Cl)c1Cl. The molecule has 1 N–H and O–H groups in total. The van der Waals surface area contributed by atoms with Gasteiger partial charge in [-0.15, -0.1) is 0 Å². The Kier molecular flexibility index (Phi) is 3.55. The Morgan fingerprint density at radius 3 is 2.80 bits per heavy atom. The van der Waals surface area contributed by atoms with E-state index in [1.54, 1.807) is 0 Å². The molecule has 0 spiro atoms. The van der Waals surface area contributed by atoms with E-state index in [9.17, 15) is 0 Å². The highest BCUT2D eigenvalue weighted by Crippen LogP contribution is 2.39. The Labute approximate surface area is 101 Å². The first-order valence-electron chi connectivity index (χ1n) is 5.35. The van der Waals surface area contributed by atoms with Crippen LogP contribution in [0.4, 0.5) is 0 Å². The van der Waals surface area contributed by atoms with Crippen LogP contribution < -0.4 is 5.32 Å². The van der Waals surface area contributed by atoms with Crippen LogP contribution in [-0.2, 0) is 0 Å². The van der Waals surface area contributed by atoms with Gasteiger partial charge in [0.1, 0.15) is 0 Å². The second kappa shape index (κ2) is 4.73. The maximum absolute atomic E-state index is 6.24. The predicted octanol–water partition coefficient (Wildman–Crippen LogP) is 3.85. The first kappa shape index (κ1) is 11.3. The van der Waals surface area contributed by atoms with Gasteiger partial charge in [-0.1, -0.05) is 41.8 Å². The number of likely N-dealkylation sites (N-methyl/N-ethyl adjacent to an activating group) is 1. The summed E-state index contributed by atoms with van der Waals surface area (Å²) in [5.74, 6) is 0.515. The van der Waals surface area contributed by atoms with Crippen LogP contribution in [0.5, 0.6) is 0 Å². The van der Waals surface area contributed by atoms with Gasteiger partial charge in [-0.3, -0.25) is 0 Å². The van der Waals surface area contributed by atoms with Crippen molar-refractivity contribution in [2.45, 2.75) is 31.2 Å². The van der Waals surface area contributed by atoms with Crippen molar-refractivity contribution in [2.24, 2.45) is 0 Å². The van der Waals surface area contributed by atoms with Gasteiger partial charge in [-0.2, -0.15) is 0 Å². The number of hydrogen-bond donors (Lipinski definition) is 1. The van der Waals surface area contributed by atoms with Crippen LogP contribution in [0.3, 0.4) is 0 Å². The average molecular weight is 244 g/mol. The van der Waals surface area contributed by atoms with E-state index in [2.05, 4.69) is 11.4 Å². The lowest BCUT2D eigenvalue weighted by Gasteiger charge is -2.20. The van der Waals surface area contributed by atoms with Gasteiger partial charge in [0.05, 0.1) is 10.0 Å². The number of nitrogens with one attached hydrogen (secondary N) is 1. The molecule has 1 aliphatic carbocycles. The molecule has 2 rings (SSSR count). The van der Waals surface area contributed by atoms with Crippen LogP contribution in [0.2, 0.25) is 10.0 Å². The third kappa shape index (κ3) is 2.15. The van der Waals surface area contributed by atoms with E-state index in [0.717, 1.165) is 5.02 Å². The molecule has 1 aromatic carbocycles. The van der Waals surface area contributed by atoms with Gasteiger partial charge < -0.3 is 5.32 Å². The minimum Gasteiger partial charge on any atom is -0.316 e. The van der Waals surface area contributed by atoms with Crippen molar-refractivity contribution in [1.82, 2.24) is 5.32 Å². The van der Waals surface area contributed by atoms with Crippen LogP contribution in [0.15, 0.2) is 18.2 Å². The minimum atomic E-state index is 0.515. The standard InChI is InChI=1S/C12H15Cl2N/c1-15-11-7-3-4-8(11)9-5-2-6-10(13)12(9)14/h2,5-6,8,11,15H,3-4,7H2,1H3. The second-order valence-electron chi connectivity index (χ2n) is 4.08. The van der Waals surface area contributed by atoms with Crippen molar-refractivity contribution in [1.29, 1.82) is 0 Å². The molecular formula is C12H15Cl2N. The lowest BCUT2D eigenvalue weighted by atomic mass is 9.94. The molecule has 0 radical (unpaired) electrons. The highest BCUT2D eigenvalue weighted by Gasteiger charge is 2.28. The highest BCUT2D eigenvalue weighted by molar-refractivity contribution is 6.42. The molecule has 0 bridgehead atoms. The molecule has 82 valence electrons. The molecule has 15 heavy (non-hydrogen) atoms. The molecule has 0 aromatic heterocycles.